The zero-order chi connectivity index (χ0) is 18.5. The van der Waals surface area contributed by atoms with Crippen LogP contribution >= 0.6 is 0 Å². The largest absolute Gasteiger partial charge is 0.352 e. The Labute approximate surface area is 155 Å². The number of hydrogen-bond donors (Lipinski definition) is 1. The van der Waals surface area contributed by atoms with Gasteiger partial charge in [0, 0.05) is 31.6 Å². The molecule has 1 unspecified atom stereocenters. The van der Waals surface area contributed by atoms with Gasteiger partial charge in [0.15, 0.2) is 0 Å². The summed E-state index contributed by atoms with van der Waals surface area (Å²) in [5.41, 5.74) is 2.83. The molecule has 1 N–H and O–H groups in total. The minimum Gasteiger partial charge on any atom is -0.352 e. The Hall–Kier alpha value is -2.62. The molecule has 0 bridgehead atoms. The van der Waals surface area contributed by atoms with E-state index in [9.17, 15) is 9.59 Å². The minimum absolute atomic E-state index is 0.0579. The molecule has 4 heteroatoms. The van der Waals surface area contributed by atoms with E-state index in [4.69, 9.17) is 0 Å². The van der Waals surface area contributed by atoms with Crippen molar-refractivity contribution < 1.29 is 9.59 Å². The van der Waals surface area contributed by atoms with Crippen molar-refractivity contribution in [2.75, 3.05) is 0 Å². The highest BCUT2D eigenvalue weighted by atomic mass is 16.2. The van der Waals surface area contributed by atoms with Gasteiger partial charge in [0.05, 0.1) is 0 Å². The third-order valence-electron chi connectivity index (χ3n) is 4.99. The molecule has 0 aromatic heterocycles. The highest BCUT2D eigenvalue weighted by molar-refractivity contribution is 5.94. The third-order valence-corrected chi connectivity index (χ3v) is 4.99. The van der Waals surface area contributed by atoms with Gasteiger partial charge in [-0.25, -0.2) is 0 Å². The van der Waals surface area contributed by atoms with Crippen LogP contribution < -0.4 is 5.32 Å². The molecule has 0 radical (unpaired) electrons. The first kappa shape index (κ1) is 18.2. The van der Waals surface area contributed by atoms with Crippen LogP contribution in [-0.2, 0) is 17.9 Å². The van der Waals surface area contributed by atoms with E-state index in [1.54, 1.807) is 0 Å². The van der Waals surface area contributed by atoms with Gasteiger partial charge in [-0.15, -0.1) is 0 Å². The van der Waals surface area contributed by atoms with Crippen LogP contribution in [0.3, 0.4) is 0 Å². The Morgan fingerprint density at radius 1 is 1.04 bits per heavy atom. The second kappa shape index (κ2) is 8.17. The standard InChI is InChI=1S/C22H26N2O2/c1-16(20-12-13-20)24(15-19-6-4-3-5-7-19)22(26)21-10-8-18(9-11-21)14-23-17(2)25/h3-11,16,20H,12-15H2,1-2H3,(H,23,25). The van der Waals surface area contributed by atoms with Gasteiger partial charge < -0.3 is 10.2 Å². The molecule has 2 aromatic carbocycles. The average Bonchev–Trinajstić information content (AvgIpc) is 3.50. The highest BCUT2D eigenvalue weighted by Gasteiger charge is 2.34. The van der Waals surface area contributed by atoms with Crippen LogP contribution in [0, 0.1) is 5.92 Å². The monoisotopic (exact) mass is 350 g/mol. The third kappa shape index (κ3) is 4.72. The maximum atomic E-state index is 13.2. The van der Waals surface area contributed by atoms with Crippen molar-refractivity contribution in [1.29, 1.82) is 0 Å². The van der Waals surface area contributed by atoms with Crippen LogP contribution in [0.5, 0.6) is 0 Å². The first-order chi connectivity index (χ1) is 12.5. The predicted molar refractivity (Wildman–Crippen MR) is 102 cm³/mol. The number of carbonyl (C=O) groups is 2. The lowest BCUT2D eigenvalue weighted by Crippen LogP contribution is -2.39. The quantitative estimate of drug-likeness (QED) is 0.826. The topological polar surface area (TPSA) is 49.4 Å². The molecule has 2 aromatic rings. The van der Waals surface area contributed by atoms with Crippen LogP contribution in [0.2, 0.25) is 0 Å². The van der Waals surface area contributed by atoms with E-state index >= 15 is 0 Å². The van der Waals surface area contributed by atoms with Gasteiger partial charge in [0.25, 0.3) is 5.91 Å². The number of hydrogen-bond acceptors (Lipinski definition) is 2. The summed E-state index contributed by atoms with van der Waals surface area (Å²) in [6.45, 7) is 4.77. The first-order valence-corrected chi connectivity index (χ1v) is 9.23. The molecule has 1 saturated carbocycles. The van der Waals surface area contributed by atoms with Crippen molar-refractivity contribution in [2.24, 2.45) is 5.92 Å². The van der Waals surface area contributed by atoms with Gasteiger partial charge >= 0.3 is 0 Å². The fraction of sp³-hybridized carbons (Fsp3) is 0.364. The van der Waals surface area contributed by atoms with E-state index in [2.05, 4.69) is 24.4 Å². The normalized spacial score (nSPS) is 14.5. The lowest BCUT2D eigenvalue weighted by molar-refractivity contribution is -0.119. The van der Waals surface area contributed by atoms with Crippen molar-refractivity contribution in [3.05, 3.63) is 71.3 Å². The number of benzene rings is 2. The van der Waals surface area contributed by atoms with Gasteiger partial charge in [-0.3, -0.25) is 9.59 Å². The first-order valence-electron chi connectivity index (χ1n) is 9.23. The molecule has 0 saturated heterocycles. The van der Waals surface area contributed by atoms with E-state index in [1.165, 1.54) is 19.8 Å². The Balaban J connectivity index is 1.75. The maximum Gasteiger partial charge on any atom is 0.254 e. The fourth-order valence-electron chi connectivity index (χ4n) is 3.17. The zero-order valence-electron chi connectivity index (χ0n) is 15.4. The molecule has 2 amide bonds. The van der Waals surface area contributed by atoms with Crippen molar-refractivity contribution in [3.63, 3.8) is 0 Å². The SMILES string of the molecule is CC(=O)NCc1ccc(C(=O)N(Cc2ccccc2)C(C)C2CC2)cc1. The van der Waals surface area contributed by atoms with Gasteiger partial charge in [-0.2, -0.15) is 0 Å². The lowest BCUT2D eigenvalue weighted by Gasteiger charge is -2.30. The van der Waals surface area contributed by atoms with E-state index in [-0.39, 0.29) is 17.9 Å². The summed E-state index contributed by atoms with van der Waals surface area (Å²) in [5.74, 6) is 0.624. The average molecular weight is 350 g/mol. The Morgan fingerprint density at radius 3 is 2.27 bits per heavy atom. The summed E-state index contributed by atoms with van der Waals surface area (Å²) < 4.78 is 0. The smallest absolute Gasteiger partial charge is 0.254 e. The molecular weight excluding hydrogens is 324 g/mol. The van der Waals surface area contributed by atoms with Crippen molar-refractivity contribution >= 4 is 11.8 Å². The van der Waals surface area contributed by atoms with Crippen LogP contribution in [-0.4, -0.2) is 22.8 Å². The number of nitrogens with zero attached hydrogens (tertiary/aromatic N) is 1. The molecule has 1 atom stereocenters. The summed E-state index contributed by atoms with van der Waals surface area (Å²) in [6, 6.07) is 17.9. The number of carbonyl (C=O) groups excluding carboxylic acids is 2. The lowest BCUT2D eigenvalue weighted by atomic mass is 10.1. The molecule has 0 aliphatic heterocycles. The Kier molecular flexibility index (Phi) is 5.71. The highest BCUT2D eigenvalue weighted by Crippen LogP contribution is 2.36. The second-order valence-electron chi connectivity index (χ2n) is 7.10. The van der Waals surface area contributed by atoms with Crippen LogP contribution in [0.15, 0.2) is 54.6 Å². The molecule has 4 nitrogen and oxygen atoms in total. The zero-order valence-corrected chi connectivity index (χ0v) is 15.4. The summed E-state index contributed by atoms with van der Waals surface area (Å²) in [4.78, 5) is 26.2. The molecule has 136 valence electrons. The van der Waals surface area contributed by atoms with Gasteiger partial charge in [-0.05, 0) is 48.9 Å². The molecule has 1 aliphatic carbocycles. The summed E-state index contributed by atoms with van der Waals surface area (Å²) in [7, 11) is 0. The summed E-state index contributed by atoms with van der Waals surface area (Å²) >= 11 is 0. The molecular formula is C22H26N2O2. The van der Waals surface area contributed by atoms with Gasteiger partial charge in [0.2, 0.25) is 5.91 Å². The Bertz CT molecular complexity index is 751. The molecule has 3 rings (SSSR count). The summed E-state index contributed by atoms with van der Waals surface area (Å²) in [6.07, 6.45) is 2.41. The summed E-state index contributed by atoms with van der Waals surface area (Å²) in [5, 5.41) is 2.77. The second-order valence-corrected chi connectivity index (χ2v) is 7.10. The van der Waals surface area contributed by atoms with E-state index in [0.29, 0.717) is 24.6 Å². The Morgan fingerprint density at radius 2 is 1.69 bits per heavy atom. The number of amides is 2. The van der Waals surface area contributed by atoms with Crippen molar-refractivity contribution in [1.82, 2.24) is 10.2 Å². The minimum atomic E-state index is -0.0579. The van der Waals surface area contributed by atoms with E-state index < -0.39 is 0 Å². The van der Waals surface area contributed by atoms with Gasteiger partial charge in [-0.1, -0.05) is 42.5 Å². The fourth-order valence-corrected chi connectivity index (χ4v) is 3.17. The van der Waals surface area contributed by atoms with Crippen LogP contribution in [0.1, 0.15) is 48.2 Å². The van der Waals surface area contributed by atoms with E-state index in [1.807, 2.05) is 47.4 Å². The predicted octanol–water partition coefficient (Wildman–Crippen LogP) is 3.76. The molecule has 0 spiro atoms. The number of nitrogens with one attached hydrogen (secondary N) is 1. The van der Waals surface area contributed by atoms with Crippen molar-refractivity contribution in [3.8, 4) is 0 Å². The molecule has 1 aliphatic rings. The van der Waals surface area contributed by atoms with Gasteiger partial charge in [0.1, 0.15) is 0 Å². The molecule has 1 fully saturated rings. The van der Waals surface area contributed by atoms with Crippen LogP contribution in [0.4, 0.5) is 0 Å². The molecule has 26 heavy (non-hydrogen) atoms. The maximum absolute atomic E-state index is 13.2. The van der Waals surface area contributed by atoms with Crippen LogP contribution in [0.25, 0.3) is 0 Å². The number of rotatable bonds is 7. The molecule has 0 heterocycles. The van der Waals surface area contributed by atoms with E-state index in [0.717, 1.165) is 11.1 Å². The van der Waals surface area contributed by atoms with Crippen molar-refractivity contribution in [2.45, 2.75) is 45.8 Å².